The summed E-state index contributed by atoms with van der Waals surface area (Å²) in [6.07, 6.45) is 1.91. The molecule has 0 amide bonds. The minimum Gasteiger partial charge on any atom is -0.355 e. The van der Waals surface area contributed by atoms with E-state index >= 15 is 0 Å². The maximum Gasteiger partial charge on any atom is 0.233 e. The molecule has 71 valence electrons. The molecule has 1 heterocycles. The number of aromatic amines is 1. The Kier molecular flexibility index (Phi) is 1.62. The molecule has 0 bridgehead atoms. The highest BCUT2D eigenvalue weighted by atomic mass is 16.1. The molecule has 1 N–H and O–H groups in total. The van der Waals surface area contributed by atoms with Gasteiger partial charge in [-0.05, 0) is 24.3 Å². The van der Waals surface area contributed by atoms with Crippen LogP contribution in [-0.4, -0.2) is 11.3 Å². The molecule has 3 aromatic rings. The fourth-order valence-corrected chi connectivity index (χ4v) is 1.91. The van der Waals surface area contributed by atoms with Crippen molar-refractivity contribution in [2.75, 3.05) is 0 Å². The quantitative estimate of drug-likeness (QED) is 0.634. The fourth-order valence-electron chi connectivity index (χ4n) is 1.91. The highest BCUT2D eigenvalue weighted by molar-refractivity contribution is 6.08. The highest BCUT2D eigenvalue weighted by Crippen LogP contribution is 2.25. The van der Waals surface area contributed by atoms with Crippen LogP contribution in [0, 0.1) is 0 Å². The summed E-state index contributed by atoms with van der Waals surface area (Å²) in [6, 6.07) is 13.6. The van der Waals surface area contributed by atoms with E-state index in [0.717, 1.165) is 21.8 Å². The predicted octanol–water partition coefficient (Wildman–Crippen LogP) is 2.78. The molecule has 1 radical (unpaired) electrons. The van der Waals surface area contributed by atoms with Crippen LogP contribution in [0.5, 0.6) is 0 Å². The molecule has 0 aliphatic carbocycles. The number of nitrogens with one attached hydrogen (secondary N) is 1. The van der Waals surface area contributed by atoms with Crippen LogP contribution < -0.4 is 0 Å². The maximum absolute atomic E-state index is 10.6. The first-order chi connectivity index (χ1) is 7.38. The summed E-state index contributed by atoms with van der Waals surface area (Å²) in [7, 11) is 0. The third-order valence-corrected chi connectivity index (χ3v) is 2.62. The largest absolute Gasteiger partial charge is 0.355 e. The van der Waals surface area contributed by atoms with Crippen molar-refractivity contribution < 1.29 is 4.79 Å². The van der Waals surface area contributed by atoms with E-state index in [1.807, 2.05) is 42.7 Å². The van der Waals surface area contributed by atoms with Crippen molar-refractivity contribution in [3.05, 3.63) is 48.0 Å². The van der Waals surface area contributed by atoms with Crippen LogP contribution in [-0.2, 0) is 4.79 Å². The van der Waals surface area contributed by atoms with Crippen molar-refractivity contribution >= 4 is 28.1 Å². The summed E-state index contributed by atoms with van der Waals surface area (Å²) >= 11 is 0. The van der Waals surface area contributed by atoms with Gasteiger partial charge in [0.25, 0.3) is 0 Å². The second kappa shape index (κ2) is 2.95. The summed E-state index contributed by atoms with van der Waals surface area (Å²) in [5.41, 5.74) is 2.73. The second-order valence-corrected chi connectivity index (χ2v) is 3.53. The normalized spacial score (nSPS) is 10.9. The summed E-state index contributed by atoms with van der Waals surface area (Å²) in [5.74, 6) is 0. The first kappa shape index (κ1) is 8.24. The molecule has 1 aromatic heterocycles. The predicted molar refractivity (Wildman–Crippen MR) is 60.6 cm³/mol. The minimum absolute atomic E-state index is 0.590. The van der Waals surface area contributed by atoms with Crippen molar-refractivity contribution in [3.8, 4) is 0 Å². The van der Waals surface area contributed by atoms with Gasteiger partial charge in [-0.25, -0.2) is 0 Å². The van der Waals surface area contributed by atoms with Crippen molar-refractivity contribution in [3.63, 3.8) is 0 Å². The van der Waals surface area contributed by atoms with Crippen molar-refractivity contribution in [1.82, 2.24) is 4.98 Å². The van der Waals surface area contributed by atoms with Gasteiger partial charge < -0.3 is 4.98 Å². The van der Waals surface area contributed by atoms with Gasteiger partial charge in [-0.1, -0.05) is 18.2 Å². The number of fused-ring (bicyclic) bond motifs is 3. The highest BCUT2D eigenvalue weighted by Gasteiger charge is 2.03. The molecule has 2 aromatic carbocycles. The smallest absolute Gasteiger partial charge is 0.233 e. The average Bonchev–Trinajstić information content (AvgIpc) is 2.66. The first-order valence-corrected chi connectivity index (χ1v) is 4.77. The molecule has 0 aliphatic rings. The van der Waals surface area contributed by atoms with Gasteiger partial charge in [0.1, 0.15) is 0 Å². The van der Waals surface area contributed by atoms with Gasteiger partial charge in [0.05, 0.1) is 0 Å². The molecular formula is C13H8NO. The Bertz CT molecular complexity index is 652. The molecule has 0 saturated carbocycles. The maximum atomic E-state index is 10.6. The topological polar surface area (TPSA) is 32.9 Å². The Balaban J connectivity index is 2.51. The lowest BCUT2D eigenvalue weighted by Crippen LogP contribution is -1.78. The molecule has 0 aliphatic heterocycles. The monoisotopic (exact) mass is 194 g/mol. The van der Waals surface area contributed by atoms with Gasteiger partial charge in [0.2, 0.25) is 6.29 Å². The van der Waals surface area contributed by atoms with Crippen LogP contribution in [0.25, 0.3) is 21.8 Å². The molecule has 0 saturated heterocycles. The third kappa shape index (κ3) is 1.15. The van der Waals surface area contributed by atoms with E-state index in [2.05, 4.69) is 4.98 Å². The standard InChI is InChI=1S/C13H8NO/c15-8-9-5-6-13-11(7-9)10-3-1-2-4-12(10)14-13/h1-7,14H. The zero-order valence-electron chi connectivity index (χ0n) is 7.95. The second-order valence-electron chi connectivity index (χ2n) is 3.53. The molecule has 0 fully saturated rings. The Morgan fingerprint density at radius 2 is 1.73 bits per heavy atom. The van der Waals surface area contributed by atoms with E-state index in [9.17, 15) is 4.79 Å². The van der Waals surface area contributed by atoms with Crippen molar-refractivity contribution in [2.45, 2.75) is 0 Å². The van der Waals surface area contributed by atoms with E-state index in [-0.39, 0.29) is 0 Å². The molecule has 0 atom stereocenters. The van der Waals surface area contributed by atoms with Crippen molar-refractivity contribution in [1.29, 1.82) is 0 Å². The number of rotatable bonds is 1. The van der Waals surface area contributed by atoms with Crippen LogP contribution in [0.15, 0.2) is 42.5 Å². The first-order valence-electron chi connectivity index (χ1n) is 4.77. The van der Waals surface area contributed by atoms with Gasteiger partial charge >= 0.3 is 0 Å². The van der Waals surface area contributed by atoms with Gasteiger partial charge in [0, 0.05) is 27.4 Å². The van der Waals surface area contributed by atoms with E-state index < -0.39 is 0 Å². The van der Waals surface area contributed by atoms with Crippen LogP contribution in [0.4, 0.5) is 0 Å². The Hall–Kier alpha value is -2.09. The number of H-pyrrole nitrogens is 1. The number of carbonyl (C=O) groups excluding carboxylic acids is 1. The zero-order chi connectivity index (χ0) is 10.3. The van der Waals surface area contributed by atoms with E-state index in [1.54, 1.807) is 6.07 Å². The van der Waals surface area contributed by atoms with Crippen LogP contribution in [0.2, 0.25) is 0 Å². The van der Waals surface area contributed by atoms with Crippen LogP contribution in [0.3, 0.4) is 0 Å². The van der Waals surface area contributed by atoms with Gasteiger partial charge in [-0.2, -0.15) is 0 Å². The zero-order valence-corrected chi connectivity index (χ0v) is 7.95. The van der Waals surface area contributed by atoms with Crippen LogP contribution in [0.1, 0.15) is 5.56 Å². The Labute approximate surface area is 86.5 Å². The molecule has 0 spiro atoms. The lowest BCUT2D eigenvalue weighted by molar-refractivity contribution is 0.563. The molecule has 0 unspecified atom stereocenters. The van der Waals surface area contributed by atoms with Crippen molar-refractivity contribution in [2.24, 2.45) is 0 Å². The van der Waals surface area contributed by atoms with E-state index in [4.69, 9.17) is 0 Å². The Morgan fingerprint density at radius 3 is 2.60 bits per heavy atom. The van der Waals surface area contributed by atoms with Crippen LogP contribution >= 0.6 is 0 Å². The van der Waals surface area contributed by atoms with Gasteiger partial charge in [-0.15, -0.1) is 0 Å². The summed E-state index contributed by atoms with van der Waals surface area (Å²) in [4.78, 5) is 13.9. The number of hydrogen-bond acceptors (Lipinski definition) is 1. The third-order valence-electron chi connectivity index (χ3n) is 2.62. The molecule has 15 heavy (non-hydrogen) atoms. The lowest BCUT2D eigenvalue weighted by atomic mass is 10.1. The fraction of sp³-hybridized carbons (Fsp3) is 0. The minimum atomic E-state index is 0.590. The Morgan fingerprint density at radius 1 is 0.933 bits per heavy atom. The SMILES string of the molecule is O=[C]c1ccc2[nH]c3ccccc3c2c1. The van der Waals surface area contributed by atoms with E-state index in [1.165, 1.54) is 0 Å². The average molecular weight is 194 g/mol. The van der Waals surface area contributed by atoms with E-state index in [0.29, 0.717) is 5.56 Å². The number of benzene rings is 2. The summed E-state index contributed by atoms with van der Waals surface area (Å²) in [5, 5.41) is 2.22. The molecule has 3 rings (SSSR count). The number of aromatic nitrogens is 1. The van der Waals surface area contributed by atoms with Gasteiger partial charge in [0.15, 0.2) is 0 Å². The summed E-state index contributed by atoms with van der Waals surface area (Å²) < 4.78 is 0. The molecular weight excluding hydrogens is 186 g/mol. The number of para-hydroxylation sites is 1. The van der Waals surface area contributed by atoms with Gasteiger partial charge in [-0.3, -0.25) is 4.79 Å². The number of hydrogen-bond donors (Lipinski definition) is 1. The summed E-state index contributed by atoms with van der Waals surface area (Å²) in [6.45, 7) is 0. The molecule has 2 nitrogen and oxygen atoms in total. The molecule has 2 heteroatoms. The lowest BCUT2D eigenvalue weighted by Gasteiger charge is -1.91.